The Kier molecular flexibility index (Phi) is 6.62. The second kappa shape index (κ2) is 8.93. The number of anilines is 1. The summed E-state index contributed by atoms with van der Waals surface area (Å²) in [6.45, 7) is 0.114. The summed E-state index contributed by atoms with van der Waals surface area (Å²) in [6, 6.07) is 12.8. The van der Waals surface area contributed by atoms with Gasteiger partial charge in [0.05, 0.1) is 6.54 Å². The lowest BCUT2D eigenvalue weighted by molar-refractivity contribution is -0.115. The predicted molar refractivity (Wildman–Crippen MR) is 93.5 cm³/mol. The van der Waals surface area contributed by atoms with Crippen LogP contribution in [0.25, 0.3) is 0 Å². The van der Waals surface area contributed by atoms with Crippen molar-refractivity contribution in [2.75, 3.05) is 18.1 Å². The highest BCUT2D eigenvalue weighted by molar-refractivity contribution is 7.98. The normalized spacial score (nSPS) is 10.1. The number of amides is 3. The van der Waals surface area contributed by atoms with Gasteiger partial charge in [-0.2, -0.15) is 0 Å². The van der Waals surface area contributed by atoms with Gasteiger partial charge in [0, 0.05) is 17.1 Å². The first-order valence-corrected chi connectivity index (χ1v) is 8.49. The van der Waals surface area contributed by atoms with E-state index in [1.165, 1.54) is 12.1 Å². The maximum absolute atomic E-state index is 12.8. The molecule has 0 saturated carbocycles. The van der Waals surface area contributed by atoms with Gasteiger partial charge in [-0.3, -0.25) is 4.79 Å². The number of urea groups is 1. The van der Waals surface area contributed by atoms with Crippen LogP contribution in [0.1, 0.15) is 5.56 Å². The molecular weight excluding hydrogens is 329 g/mol. The number of hydrogen-bond donors (Lipinski definition) is 3. The van der Waals surface area contributed by atoms with Crippen LogP contribution in [0.2, 0.25) is 0 Å². The number of hydrogen-bond acceptors (Lipinski definition) is 3. The van der Waals surface area contributed by atoms with Crippen LogP contribution in [0.15, 0.2) is 53.4 Å². The summed E-state index contributed by atoms with van der Waals surface area (Å²) < 4.78 is 12.8. The predicted octanol–water partition coefficient (Wildman–Crippen LogP) is 2.99. The fraction of sp³-hybridized carbons (Fsp3) is 0.176. The van der Waals surface area contributed by atoms with Crippen molar-refractivity contribution in [1.82, 2.24) is 10.6 Å². The fourth-order valence-electron chi connectivity index (χ4n) is 1.89. The van der Waals surface area contributed by atoms with E-state index in [0.717, 1.165) is 10.5 Å². The third kappa shape index (κ3) is 5.92. The molecule has 0 spiro atoms. The highest BCUT2D eigenvalue weighted by atomic mass is 32.2. The first-order chi connectivity index (χ1) is 11.6. The minimum atomic E-state index is -0.466. The Bertz CT molecular complexity index is 690. The molecule has 2 aromatic carbocycles. The van der Waals surface area contributed by atoms with Gasteiger partial charge in [0.1, 0.15) is 5.82 Å². The molecule has 0 bridgehead atoms. The lowest BCUT2D eigenvalue weighted by atomic mass is 10.2. The van der Waals surface area contributed by atoms with Gasteiger partial charge in [-0.15, -0.1) is 11.8 Å². The zero-order chi connectivity index (χ0) is 17.4. The topological polar surface area (TPSA) is 70.2 Å². The highest BCUT2D eigenvalue weighted by Crippen LogP contribution is 2.17. The smallest absolute Gasteiger partial charge is 0.315 e. The molecule has 0 aliphatic heterocycles. The molecule has 24 heavy (non-hydrogen) atoms. The summed E-state index contributed by atoms with van der Waals surface area (Å²) in [6.07, 6.45) is 1.97. The Hall–Kier alpha value is -2.54. The Morgan fingerprint density at radius 1 is 1.00 bits per heavy atom. The van der Waals surface area contributed by atoms with Crippen molar-refractivity contribution in [2.45, 2.75) is 11.4 Å². The van der Waals surface area contributed by atoms with E-state index in [-0.39, 0.29) is 24.8 Å². The first-order valence-electron chi connectivity index (χ1n) is 7.27. The Morgan fingerprint density at radius 2 is 1.67 bits per heavy atom. The summed E-state index contributed by atoms with van der Waals surface area (Å²) >= 11 is 1.62. The van der Waals surface area contributed by atoms with E-state index in [0.29, 0.717) is 5.69 Å². The summed E-state index contributed by atoms with van der Waals surface area (Å²) in [5.41, 5.74) is 1.44. The van der Waals surface area contributed by atoms with Gasteiger partial charge in [0.25, 0.3) is 0 Å². The maximum Gasteiger partial charge on any atom is 0.315 e. The molecule has 7 heteroatoms. The van der Waals surface area contributed by atoms with E-state index in [2.05, 4.69) is 16.0 Å². The molecule has 0 atom stereocenters. The molecule has 3 amide bonds. The average Bonchev–Trinajstić information content (AvgIpc) is 2.60. The number of benzene rings is 2. The van der Waals surface area contributed by atoms with E-state index < -0.39 is 6.03 Å². The molecule has 0 unspecified atom stereocenters. The van der Waals surface area contributed by atoms with Crippen LogP contribution in [0.3, 0.4) is 0 Å². The van der Waals surface area contributed by atoms with Crippen LogP contribution in [0.5, 0.6) is 0 Å². The van der Waals surface area contributed by atoms with Crippen molar-refractivity contribution < 1.29 is 14.0 Å². The molecule has 0 aliphatic carbocycles. The van der Waals surface area contributed by atoms with Crippen molar-refractivity contribution in [3.8, 4) is 0 Å². The van der Waals surface area contributed by atoms with E-state index in [1.54, 1.807) is 36.0 Å². The standard InChI is InChI=1S/C17H18FN3O2S/c1-24-15-8-6-14(7-9-15)21-16(22)11-20-17(23)19-10-12-2-4-13(18)5-3-12/h2-9H,10-11H2,1H3,(H,21,22)(H2,19,20,23). The lowest BCUT2D eigenvalue weighted by Crippen LogP contribution is -2.39. The number of thioether (sulfide) groups is 1. The van der Waals surface area contributed by atoms with Crippen molar-refractivity contribution in [3.63, 3.8) is 0 Å². The van der Waals surface area contributed by atoms with Gasteiger partial charge < -0.3 is 16.0 Å². The summed E-state index contributed by atoms with van der Waals surface area (Å²) in [4.78, 5) is 24.5. The largest absolute Gasteiger partial charge is 0.334 e. The van der Waals surface area contributed by atoms with Crippen molar-refractivity contribution in [2.24, 2.45) is 0 Å². The van der Waals surface area contributed by atoms with E-state index in [4.69, 9.17) is 0 Å². The SMILES string of the molecule is CSc1ccc(NC(=O)CNC(=O)NCc2ccc(F)cc2)cc1. The minimum Gasteiger partial charge on any atom is -0.334 e. The zero-order valence-corrected chi connectivity index (χ0v) is 14.0. The van der Waals surface area contributed by atoms with Crippen LogP contribution < -0.4 is 16.0 Å². The molecule has 2 aromatic rings. The quantitative estimate of drug-likeness (QED) is 0.704. The summed E-state index contributed by atoms with van der Waals surface area (Å²) in [5, 5.41) is 7.76. The van der Waals surface area contributed by atoms with Gasteiger partial charge in [-0.1, -0.05) is 12.1 Å². The molecule has 0 fully saturated rings. The molecule has 5 nitrogen and oxygen atoms in total. The molecule has 2 rings (SSSR count). The highest BCUT2D eigenvalue weighted by Gasteiger charge is 2.06. The van der Waals surface area contributed by atoms with Gasteiger partial charge in [-0.25, -0.2) is 9.18 Å². The Labute approximate surface area is 144 Å². The number of carbonyl (C=O) groups is 2. The summed E-state index contributed by atoms with van der Waals surface area (Å²) in [5.74, 6) is -0.644. The molecular formula is C17H18FN3O2S. The van der Waals surface area contributed by atoms with Crippen molar-refractivity contribution in [1.29, 1.82) is 0 Å². The molecule has 126 valence electrons. The maximum atomic E-state index is 12.8. The molecule has 0 aliphatic rings. The number of halogens is 1. The van der Waals surface area contributed by atoms with Crippen LogP contribution >= 0.6 is 11.8 Å². The first kappa shape index (κ1) is 17.8. The van der Waals surface area contributed by atoms with Crippen LogP contribution in [0, 0.1) is 5.82 Å². The number of carbonyl (C=O) groups excluding carboxylic acids is 2. The second-order valence-electron chi connectivity index (χ2n) is 4.94. The molecule has 3 N–H and O–H groups in total. The molecule has 0 heterocycles. The van der Waals surface area contributed by atoms with Crippen LogP contribution in [-0.4, -0.2) is 24.7 Å². The van der Waals surface area contributed by atoms with E-state index >= 15 is 0 Å². The van der Waals surface area contributed by atoms with E-state index in [9.17, 15) is 14.0 Å². The van der Waals surface area contributed by atoms with Gasteiger partial charge in [-0.05, 0) is 48.2 Å². The third-order valence-corrected chi connectivity index (χ3v) is 3.89. The van der Waals surface area contributed by atoms with Crippen molar-refractivity contribution in [3.05, 3.63) is 59.9 Å². The minimum absolute atomic E-state index is 0.139. The monoisotopic (exact) mass is 347 g/mol. The van der Waals surface area contributed by atoms with Crippen LogP contribution in [-0.2, 0) is 11.3 Å². The van der Waals surface area contributed by atoms with Crippen molar-refractivity contribution >= 4 is 29.4 Å². The third-order valence-electron chi connectivity index (χ3n) is 3.15. The van der Waals surface area contributed by atoms with Gasteiger partial charge in [0.15, 0.2) is 0 Å². The zero-order valence-electron chi connectivity index (χ0n) is 13.1. The lowest BCUT2D eigenvalue weighted by Gasteiger charge is -2.09. The molecule has 0 saturated heterocycles. The van der Waals surface area contributed by atoms with Gasteiger partial charge in [0.2, 0.25) is 5.91 Å². The Balaban J connectivity index is 1.70. The second-order valence-corrected chi connectivity index (χ2v) is 5.82. The number of nitrogens with one attached hydrogen (secondary N) is 3. The fourth-order valence-corrected chi connectivity index (χ4v) is 2.30. The summed E-state index contributed by atoms with van der Waals surface area (Å²) in [7, 11) is 0. The molecule has 0 radical (unpaired) electrons. The van der Waals surface area contributed by atoms with Gasteiger partial charge >= 0.3 is 6.03 Å². The number of rotatable bonds is 6. The average molecular weight is 347 g/mol. The Morgan fingerprint density at radius 3 is 2.29 bits per heavy atom. The van der Waals surface area contributed by atoms with Crippen LogP contribution in [0.4, 0.5) is 14.9 Å². The molecule has 0 aromatic heterocycles. The van der Waals surface area contributed by atoms with E-state index in [1.807, 2.05) is 18.4 Å².